The van der Waals surface area contributed by atoms with E-state index < -0.39 is 0 Å². The maximum Gasteiger partial charge on any atom is 0.224 e. The minimum Gasteiger partial charge on any atom is -0.326 e. The molecule has 0 spiro atoms. The molecule has 3 heteroatoms. The van der Waals surface area contributed by atoms with Gasteiger partial charge in [0.15, 0.2) is 0 Å². The van der Waals surface area contributed by atoms with Gasteiger partial charge in [-0.1, -0.05) is 6.42 Å². The Hall–Kier alpha value is -1.82. The number of fused-ring (bicyclic) bond motifs is 2. The summed E-state index contributed by atoms with van der Waals surface area (Å²) in [5.74, 6) is 2.38. The third kappa shape index (κ3) is 2.63. The van der Waals surface area contributed by atoms with Crippen LogP contribution in [0.1, 0.15) is 37.7 Å². The first kappa shape index (κ1) is 12.2. The molecule has 0 unspecified atom stereocenters. The van der Waals surface area contributed by atoms with Crippen LogP contribution in [0.25, 0.3) is 0 Å². The predicted molar refractivity (Wildman–Crippen MR) is 73.3 cm³/mol. The van der Waals surface area contributed by atoms with Crippen LogP contribution in [0.4, 0.5) is 5.69 Å². The zero-order valence-electron chi connectivity index (χ0n) is 10.9. The van der Waals surface area contributed by atoms with Gasteiger partial charge in [0.05, 0.1) is 11.6 Å². The van der Waals surface area contributed by atoms with E-state index in [0.717, 1.165) is 17.5 Å². The largest absolute Gasteiger partial charge is 0.326 e. The average molecular weight is 254 g/mol. The van der Waals surface area contributed by atoms with Gasteiger partial charge in [0.1, 0.15) is 0 Å². The molecular formula is C16H18N2O. The van der Waals surface area contributed by atoms with Gasteiger partial charge < -0.3 is 5.32 Å². The van der Waals surface area contributed by atoms with Gasteiger partial charge in [-0.15, -0.1) is 0 Å². The summed E-state index contributed by atoms with van der Waals surface area (Å²) < 4.78 is 0. The van der Waals surface area contributed by atoms with Crippen LogP contribution < -0.4 is 5.32 Å². The number of hydrogen-bond acceptors (Lipinski definition) is 2. The normalized spacial score (nSPS) is 28.1. The Morgan fingerprint density at radius 1 is 1.26 bits per heavy atom. The van der Waals surface area contributed by atoms with Crippen LogP contribution in [-0.2, 0) is 4.79 Å². The highest BCUT2D eigenvalue weighted by Gasteiger charge is 2.40. The van der Waals surface area contributed by atoms with Crippen molar-refractivity contribution in [1.29, 1.82) is 5.26 Å². The van der Waals surface area contributed by atoms with Gasteiger partial charge in [-0.3, -0.25) is 4.79 Å². The molecule has 2 aliphatic carbocycles. The third-order valence-corrected chi connectivity index (χ3v) is 4.63. The Kier molecular flexibility index (Phi) is 3.25. The number of carbonyl (C=O) groups excluding carboxylic acids is 1. The molecule has 0 radical (unpaired) electrons. The molecule has 2 aliphatic rings. The lowest BCUT2D eigenvalue weighted by molar-refractivity contribution is -0.117. The van der Waals surface area contributed by atoms with E-state index in [-0.39, 0.29) is 5.91 Å². The summed E-state index contributed by atoms with van der Waals surface area (Å²) in [4.78, 5) is 12.0. The summed E-state index contributed by atoms with van der Waals surface area (Å²) in [7, 11) is 0. The Balaban J connectivity index is 1.55. The number of nitrogens with zero attached hydrogens (tertiary/aromatic N) is 1. The Morgan fingerprint density at radius 3 is 2.63 bits per heavy atom. The van der Waals surface area contributed by atoms with E-state index in [1.54, 1.807) is 24.3 Å². The van der Waals surface area contributed by atoms with E-state index in [1.807, 2.05) is 0 Å². The second-order valence-electron chi connectivity index (χ2n) is 5.88. The minimum absolute atomic E-state index is 0.113. The molecule has 1 aromatic carbocycles. The van der Waals surface area contributed by atoms with Gasteiger partial charge in [0, 0.05) is 12.1 Å². The van der Waals surface area contributed by atoms with E-state index in [1.165, 1.54) is 25.7 Å². The highest BCUT2D eigenvalue weighted by atomic mass is 16.1. The molecule has 3 rings (SSSR count). The number of amides is 1. The van der Waals surface area contributed by atoms with Crippen LogP contribution in [-0.4, -0.2) is 5.91 Å². The van der Waals surface area contributed by atoms with Crippen LogP contribution in [0.15, 0.2) is 24.3 Å². The topological polar surface area (TPSA) is 52.9 Å². The van der Waals surface area contributed by atoms with Crippen LogP contribution in [0, 0.1) is 29.1 Å². The standard InChI is InChI=1S/C16H18N2O/c17-10-11-2-5-15(6-3-11)18-16(19)9-14-8-12-1-4-13(14)7-12/h2-3,5-6,12-14H,1,4,7-9H2,(H,18,19)/t12-,13+,14-/m0/s1. The molecule has 2 bridgehead atoms. The van der Waals surface area contributed by atoms with E-state index in [9.17, 15) is 4.79 Å². The molecular weight excluding hydrogens is 236 g/mol. The summed E-state index contributed by atoms with van der Waals surface area (Å²) in [6.07, 6.45) is 5.93. The monoisotopic (exact) mass is 254 g/mol. The maximum absolute atomic E-state index is 12.0. The van der Waals surface area contributed by atoms with Gasteiger partial charge in [0.25, 0.3) is 0 Å². The Bertz CT molecular complexity index is 515. The van der Waals surface area contributed by atoms with Crippen molar-refractivity contribution in [3.63, 3.8) is 0 Å². The smallest absolute Gasteiger partial charge is 0.224 e. The van der Waals surface area contributed by atoms with Crippen molar-refractivity contribution in [2.24, 2.45) is 17.8 Å². The minimum atomic E-state index is 0.113. The summed E-state index contributed by atoms with van der Waals surface area (Å²) >= 11 is 0. The van der Waals surface area contributed by atoms with Gasteiger partial charge in [0.2, 0.25) is 5.91 Å². The fourth-order valence-electron chi connectivity index (χ4n) is 3.70. The SMILES string of the molecule is N#Cc1ccc(NC(=O)C[C@@H]2C[C@H]3CC[C@@H]2C3)cc1. The molecule has 3 nitrogen and oxygen atoms in total. The molecule has 1 aromatic rings. The molecule has 19 heavy (non-hydrogen) atoms. The van der Waals surface area contributed by atoms with Crippen molar-refractivity contribution in [3.05, 3.63) is 29.8 Å². The zero-order chi connectivity index (χ0) is 13.2. The van der Waals surface area contributed by atoms with E-state index in [0.29, 0.717) is 17.9 Å². The quantitative estimate of drug-likeness (QED) is 0.899. The van der Waals surface area contributed by atoms with Crippen LogP contribution in [0.5, 0.6) is 0 Å². The van der Waals surface area contributed by atoms with Gasteiger partial charge in [-0.05, 0) is 61.3 Å². The summed E-state index contributed by atoms with van der Waals surface area (Å²) in [6, 6.07) is 9.11. The second kappa shape index (κ2) is 5.05. The number of nitriles is 1. The van der Waals surface area contributed by atoms with Crippen molar-refractivity contribution >= 4 is 11.6 Å². The number of nitrogens with one attached hydrogen (secondary N) is 1. The lowest BCUT2D eigenvalue weighted by atomic mass is 9.86. The first-order chi connectivity index (χ1) is 9.24. The molecule has 1 N–H and O–H groups in total. The van der Waals surface area contributed by atoms with Crippen molar-refractivity contribution in [1.82, 2.24) is 0 Å². The summed E-state index contributed by atoms with van der Waals surface area (Å²) in [5.41, 5.74) is 1.40. The summed E-state index contributed by atoms with van der Waals surface area (Å²) in [6.45, 7) is 0. The maximum atomic E-state index is 12.0. The highest BCUT2D eigenvalue weighted by molar-refractivity contribution is 5.90. The van der Waals surface area contributed by atoms with Gasteiger partial charge >= 0.3 is 0 Å². The summed E-state index contributed by atoms with van der Waals surface area (Å²) in [5, 5.41) is 11.7. The molecule has 2 saturated carbocycles. The van der Waals surface area contributed by atoms with Gasteiger partial charge in [-0.2, -0.15) is 5.26 Å². The van der Waals surface area contributed by atoms with Crippen LogP contribution >= 0.6 is 0 Å². The average Bonchev–Trinajstić information content (AvgIpc) is 3.02. The predicted octanol–water partition coefficient (Wildman–Crippen LogP) is 3.32. The number of rotatable bonds is 3. The first-order valence-electron chi connectivity index (χ1n) is 7.04. The fraction of sp³-hybridized carbons (Fsp3) is 0.500. The van der Waals surface area contributed by atoms with E-state index in [4.69, 9.17) is 5.26 Å². The molecule has 98 valence electrons. The Labute approximate surface area is 113 Å². The Morgan fingerprint density at radius 2 is 2.05 bits per heavy atom. The van der Waals surface area contributed by atoms with Crippen molar-refractivity contribution in [2.75, 3.05) is 5.32 Å². The number of hydrogen-bond donors (Lipinski definition) is 1. The van der Waals surface area contributed by atoms with E-state index in [2.05, 4.69) is 11.4 Å². The van der Waals surface area contributed by atoms with Crippen LogP contribution in [0.2, 0.25) is 0 Å². The van der Waals surface area contributed by atoms with Crippen molar-refractivity contribution in [2.45, 2.75) is 32.1 Å². The third-order valence-electron chi connectivity index (χ3n) is 4.63. The number of benzene rings is 1. The van der Waals surface area contributed by atoms with Crippen LogP contribution in [0.3, 0.4) is 0 Å². The molecule has 0 heterocycles. The van der Waals surface area contributed by atoms with Gasteiger partial charge in [-0.25, -0.2) is 0 Å². The lowest BCUT2D eigenvalue weighted by Gasteiger charge is -2.20. The van der Waals surface area contributed by atoms with Crippen molar-refractivity contribution < 1.29 is 4.79 Å². The molecule has 0 aliphatic heterocycles. The molecule has 0 aromatic heterocycles. The second-order valence-corrected chi connectivity index (χ2v) is 5.88. The first-order valence-corrected chi connectivity index (χ1v) is 7.04. The molecule has 3 atom stereocenters. The number of carbonyl (C=O) groups is 1. The molecule has 2 fully saturated rings. The molecule has 0 saturated heterocycles. The number of anilines is 1. The molecule has 1 amide bonds. The highest BCUT2D eigenvalue weighted by Crippen LogP contribution is 2.49. The lowest BCUT2D eigenvalue weighted by Crippen LogP contribution is -2.20. The fourth-order valence-corrected chi connectivity index (χ4v) is 3.70. The van der Waals surface area contributed by atoms with Crippen molar-refractivity contribution in [3.8, 4) is 6.07 Å². The zero-order valence-corrected chi connectivity index (χ0v) is 10.9. The van der Waals surface area contributed by atoms with E-state index >= 15 is 0 Å².